The van der Waals surface area contributed by atoms with E-state index in [0.29, 0.717) is 29.7 Å². The maximum absolute atomic E-state index is 14.3. The topological polar surface area (TPSA) is 55.0 Å². The fraction of sp³-hybridized carbons (Fsp3) is 0.263. The number of hydrogen-bond donors (Lipinski definition) is 1. The van der Waals surface area contributed by atoms with Gasteiger partial charge >= 0.3 is 0 Å². The van der Waals surface area contributed by atoms with Gasteiger partial charge in [0, 0.05) is 24.0 Å². The van der Waals surface area contributed by atoms with Crippen molar-refractivity contribution >= 4 is 16.9 Å². The first kappa shape index (κ1) is 15.0. The molecule has 5 heteroatoms. The molecule has 0 aliphatic carbocycles. The molecule has 1 aliphatic rings. The molecule has 0 bridgehead atoms. The zero-order valence-electron chi connectivity index (χ0n) is 13.3. The zero-order chi connectivity index (χ0) is 16.5. The van der Waals surface area contributed by atoms with Crippen LogP contribution < -0.4 is 10.6 Å². The molecule has 24 heavy (non-hydrogen) atoms. The molecule has 1 aliphatic heterocycles. The molecular formula is C19H19FN4. The van der Waals surface area contributed by atoms with Gasteiger partial charge in [-0.3, -0.25) is 0 Å². The van der Waals surface area contributed by atoms with Gasteiger partial charge in [-0.15, -0.1) is 0 Å². The minimum Gasteiger partial charge on any atom is -0.340 e. The van der Waals surface area contributed by atoms with E-state index in [1.807, 2.05) is 30.3 Å². The second-order valence-electron chi connectivity index (χ2n) is 6.21. The van der Waals surface area contributed by atoms with Crippen LogP contribution in [-0.2, 0) is 0 Å². The van der Waals surface area contributed by atoms with Gasteiger partial charge in [0.2, 0.25) is 5.95 Å². The Morgan fingerprint density at radius 3 is 2.67 bits per heavy atom. The van der Waals surface area contributed by atoms with Crippen LogP contribution >= 0.6 is 0 Å². The van der Waals surface area contributed by atoms with Crippen molar-refractivity contribution in [3.8, 4) is 11.3 Å². The summed E-state index contributed by atoms with van der Waals surface area (Å²) in [4.78, 5) is 11.6. The molecule has 1 atom stereocenters. The van der Waals surface area contributed by atoms with Crippen molar-refractivity contribution in [1.29, 1.82) is 0 Å². The van der Waals surface area contributed by atoms with E-state index in [4.69, 9.17) is 15.7 Å². The third-order valence-corrected chi connectivity index (χ3v) is 4.62. The Kier molecular flexibility index (Phi) is 3.86. The third kappa shape index (κ3) is 2.61. The highest BCUT2D eigenvalue weighted by atomic mass is 19.1. The molecule has 1 fully saturated rings. The number of fused-ring (bicyclic) bond motifs is 1. The van der Waals surface area contributed by atoms with Gasteiger partial charge in [0.25, 0.3) is 0 Å². The van der Waals surface area contributed by atoms with Gasteiger partial charge in [-0.25, -0.2) is 14.4 Å². The summed E-state index contributed by atoms with van der Waals surface area (Å²) < 4.78 is 14.3. The first-order valence-corrected chi connectivity index (χ1v) is 8.23. The van der Waals surface area contributed by atoms with E-state index in [1.165, 1.54) is 6.07 Å². The van der Waals surface area contributed by atoms with Crippen molar-refractivity contribution in [2.24, 2.45) is 11.7 Å². The van der Waals surface area contributed by atoms with E-state index in [-0.39, 0.29) is 5.82 Å². The number of aromatic nitrogens is 2. The highest BCUT2D eigenvalue weighted by Gasteiger charge is 2.24. The summed E-state index contributed by atoms with van der Waals surface area (Å²) in [6.45, 7) is 2.41. The number of para-hydroxylation sites is 1. The van der Waals surface area contributed by atoms with Gasteiger partial charge in [0.05, 0.1) is 11.2 Å². The van der Waals surface area contributed by atoms with Crippen LogP contribution in [0.1, 0.15) is 6.42 Å². The predicted octanol–water partition coefficient (Wildman–Crippen LogP) is 3.22. The van der Waals surface area contributed by atoms with Crippen molar-refractivity contribution in [3.05, 3.63) is 54.3 Å². The lowest BCUT2D eigenvalue weighted by molar-refractivity contribution is 0.602. The molecule has 1 unspecified atom stereocenters. The smallest absolute Gasteiger partial charge is 0.226 e. The Hall–Kier alpha value is -2.53. The first-order valence-electron chi connectivity index (χ1n) is 8.23. The van der Waals surface area contributed by atoms with Gasteiger partial charge in [-0.1, -0.05) is 30.3 Å². The Labute approximate surface area is 140 Å². The Bertz CT molecular complexity index is 880. The van der Waals surface area contributed by atoms with Crippen LogP contribution in [-0.4, -0.2) is 29.6 Å². The molecule has 4 nitrogen and oxygen atoms in total. The molecule has 0 spiro atoms. The van der Waals surface area contributed by atoms with Gasteiger partial charge in [-0.05, 0) is 37.1 Å². The van der Waals surface area contributed by atoms with Gasteiger partial charge in [0.15, 0.2) is 0 Å². The first-order chi connectivity index (χ1) is 11.8. The lowest BCUT2D eigenvalue weighted by Gasteiger charge is -2.18. The van der Waals surface area contributed by atoms with E-state index in [1.54, 1.807) is 12.1 Å². The maximum Gasteiger partial charge on any atom is 0.226 e. The largest absolute Gasteiger partial charge is 0.340 e. The van der Waals surface area contributed by atoms with Gasteiger partial charge in [0.1, 0.15) is 5.82 Å². The quantitative estimate of drug-likeness (QED) is 0.804. The summed E-state index contributed by atoms with van der Waals surface area (Å²) in [6.07, 6.45) is 1.04. The predicted molar refractivity (Wildman–Crippen MR) is 94.3 cm³/mol. The summed E-state index contributed by atoms with van der Waals surface area (Å²) in [6, 6.07) is 14.5. The standard InChI is InChI=1S/C19H19FN4/c20-16-7-3-1-5-14(16)18-15-6-2-4-8-17(15)22-19(23-18)24-10-9-13(11-21)12-24/h1-8,13H,9-12,21H2. The number of halogens is 1. The van der Waals surface area contributed by atoms with Crippen molar-refractivity contribution < 1.29 is 4.39 Å². The normalized spacial score (nSPS) is 17.6. The molecule has 0 amide bonds. The number of nitrogens with zero attached hydrogens (tertiary/aromatic N) is 3. The average Bonchev–Trinajstić information content (AvgIpc) is 3.10. The van der Waals surface area contributed by atoms with Gasteiger partial charge < -0.3 is 10.6 Å². The molecular weight excluding hydrogens is 303 g/mol. The molecule has 122 valence electrons. The number of rotatable bonds is 3. The van der Waals surface area contributed by atoms with Crippen LogP contribution in [0.2, 0.25) is 0 Å². The Morgan fingerprint density at radius 2 is 1.88 bits per heavy atom. The molecule has 2 aromatic carbocycles. The van der Waals surface area contributed by atoms with Crippen LogP contribution in [0.5, 0.6) is 0 Å². The average molecular weight is 322 g/mol. The monoisotopic (exact) mass is 322 g/mol. The van der Waals surface area contributed by atoms with Crippen molar-refractivity contribution in [3.63, 3.8) is 0 Å². The number of anilines is 1. The van der Waals surface area contributed by atoms with Crippen LogP contribution in [0.15, 0.2) is 48.5 Å². The molecule has 0 radical (unpaired) electrons. The van der Waals surface area contributed by atoms with E-state index in [9.17, 15) is 4.39 Å². The fourth-order valence-electron chi connectivity index (χ4n) is 3.27. The minimum atomic E-state index is -0.270. The molecule has 2 N–H and O–H groups in total. The van der Waals surface area contributed by atoms with E-state index >= 15 is 0 Å². The van der Waals surface area contributed by atoms with Crippen LogP contribution in [0.4, 0.5) is 10.3 Å². The molecule has 1 saturated heterocycles. The third-order valence-electron chi connectivity index (χ3n) is 4.62. The Morgan fingerprint density at radius 1 is 1.08 bits per heavy atom. The van der Waals surface area contributed by atoms with E-state index in [0.717, 1.165) is 30.4 Å². The van der Waals surface area contributed by atoms with E-state index < -0.39 is 0 Å². The van der Waals surface area contributed by atoms with Crippen LogP contribution in [0.25, 0.3) is 22.2 Å². The summed E-state index contributed by atoms with van der Waals surface area (Å²) in [7, 11) is 0. The van der Waals surface area contributed by atoms with E-state index in [2.05, 4.69) is 4.90 Å². The SMILES string of the molecule is NCC1CCN(c2nc(-c3ccccc3F)c3ccccc3n2)C1. The molecule has 3 aromatic rings. The highest BCUT2D eigenvalue weighted by Crippen LogP contribution is 2.31. The van der Waals surface area contributed by atoms with Gasteiger partial charge in [-0.2, -0.15) is 0 Å². The fourth-order valence-corrected chi connectivity index (χ4v) is 3.27. The number of hydrogen-bond acceptors (Lipinski definition) is 4. The Balaban J connectivity index is 1.87. The van der Waals surface area contributed by atoms with Crippen molar-refractivity contribution in [2.75, 3.05) is 24.5 Å². The molecule has 0 saturated carbocycles. The lowest BCUT2D eigenvalue weighted by atomic mass is 10.1. The zero-order valence-corrected chi connectivity index (χ0v) is 13.3. The van der Waals surface area contributed by atoms with Crippen LogP contribution in [0.3, 0.4) is 0 Å². The lowest BCUT2D eigenvalue weighted by Crippen LogP contribution is -2.24. The molecule has 4 rings (SSSR count). The highest BCUT2D eigenvalue weighted by molar-refractivity contribution is 5.93. The summed E-state index contributed by atoms with van der Waals surface area (Å²) >= 11 is 0. The van der Waals surface area contributed by atoms with Crippen molar-refractivity contribution in [2.45, 2.75) is 6.42 Å². The minimum absolute atomic E-state index is 0.270. The number of benzene rings is 2. The molecule has 1 aromatic heterocycles. The second kappa shape index (κ2) is 6.17. The molecule has 2 heterocycles. The summed E-state index contributed by atoms with van der Waals surface area (Å²) in [5.74, 6) is 0.855. The number of nitrogens with two attached hydrogens (primary N) is 1. The van der Waals surface area contributed by atoms with Crippen molar-refractivity contribution in [1.82, 2.24) is 9.97 Å². The summed E-state index contributed by atoms with van der Waals surface area (Å²) in [5, 5.41) is 0.862. The summed E-state index contributed by atoms with van der Waals surface area (Å²) in [5.41, 5.74) is 7.77. The van der Waals surface area contributed by atoms with Crippen LogP contribution in [0, 0.1) is 11.7 Å². The maximum atomic E-state index is 14.3. The second-order valence-corrected chi connectivity index (χ2v) is 6.21.